The van der Waals surface area contributed by atoms with Crippen molar-refractivity contribution in [3.8, 4) is 22.9 Å². The number of hydrogen-bond donors (Lipinski definition) is 0. The topological polar surface area (TPSA) is 61.3 Å². The first-order chi connectivity index (χ1) is 14.6. The molecular formula is C25H36N2O3. The van der Waals surface area contributed by atoms with E-state index >= 15 is 0 Å². The SMILES string of the molecule is CCCCCCCCCC(=O)Oc1ccc(-c2ncc(OCC(C)CC)cn2)cc1. The van der Waals surface area contributed by atoms with Crippen molar-refractivity contribution in [1.82, 2.24) is 9.97 Å². The molecule has 0 amide bonds. The average Bonchev–Trinajstić information content (AvgIpc) is 2.77. The van der Waals surface area contributed by atoms with E-state index in [0.29, 0.717) is 36.3 Å². The third kappa shape index (κ3) is 8.93. The number of hydrogen-bond acceptors (Lipinski definition) is 5. The van der Waals surface area contributed by atoms with E-state index in [1.54, 1.807) is 24.5 Å². The van der Waals surface area contributed by atoms with Crippen LogP contribution in [0.15, 0.2) is 36.7 Å². The monoisotopic (exact) mass is 412 g/mol. The van der Waals surface area contributed by atoms with Crippen molar-refractivity contribution in [2.45, 2.75) is 78.6 Å². The van der Waals surface area contributed by atoms with Crippen LogP contribution in [-0.2, 0) is 4.79 Å². The molecule has 2 rings (SSSR count). The lowest BCUT2D eigenvalue weighted by Crippen LogP contribution is -2.08. The summed E-state index contributed by atoms with van der Waals surface area (Å²) in [7, 11) is 0. The molecule has 0 spiro atoms. The fourth-order valence-electron chi connectivity index (χ4n) is 2.98. The molecule has 0 radical (unpaired) electrons. The van der Waals surface area contributed by atoms with E-state index < -0.39 is 0 Å². The largest absolute Gasteiger partial charge is 0.490 e. The van der Waals surface area contributed by atoms with Crippen molar-refractivity contribution < 1.29 is 14.3 Å². The lowest BCUT2D eigenvalue weighted by Gasteiger charge is -2.10. The summed E-state index contributed by atoms with van der Waals surface area (Å²) in [5.74, 6) is 2.18. The summed E-state index contributed by atoms with van der Waals surface area (Å²) in [6, 6.07) is 7.31. The summed E-state index contributed by atoms with van der Waals surface area (Å²) in [4.78, 5) is 20.8. The molecule has 0 bridgehead atoms. The molecule has 1 atom stereocenters. The molecule has 0 aliphatic carbocycles. The second-order valence-electron chi connectivity index (χ2n) is 7.94. The molecule has 0 aliphatic heterocycles. The maximum atomic E-state index is 12.0. The smallest absolute Gasteiger partial charge is 0.311 e. The van der Waals surface area contributed by atoms with E-state index in [9.17, 15) is 4.79 Å². The highest BCUT2D eigenvalue weighted by Gasteiger charge is 2.07. The van der Waals surface area contributed by atoms with Gasteiger partial charge in [0.05, 0.1) is 19.0 Å². The van der Waals surface area contributed by atoms with E-state index in [-0.39, 0.29) is 5.97 Å². The van der Waals surface area contributed by atoms with Gasteiger partial charge in [-0.15, -0.1) is 0 Å². The van der Waals surface area contributed by atoms with Gasteiger partial charge in [-0.1, -0.05) is 65.7 Å². The van der Waals surface area contributed by atoms with Crippen LogP contribution in [0, 0.1) is 5.92 Å². The molecule has 1 aromatic carbocycles. The molecule has 1 aromatic heterocycles. The molecule has 0 N–H and O–H groups in total. The number of carbonyl (C=O) groups is 1. The number of benzene rings is 1. The molecule has 0 fully saturated rings. The minimum Gasteiger partial charge on any atom is -0.490 e. The van der Waals surface area contributed by atoms with E-state index in [1.807, 2.05) is 12.1 Å². The van der Waals surface area contributed by atoms with Gasteiger partial charge in [0, 0.05) is 12.0 Å². The molecule has 0 aliphatic rings. The molecule has 0 saturated carbocycles. The van der Waals surface area contributed by atoms with E-state index in [0.717, 1.165) is 24.8 Å². The van der Waals surface area contributed by atoms with Gasteiger partial charge >= 0.3 is 5.97 Å². The first kappa shape index (κ1) is 23.8. The van der Waals surface area contributed by atoms with E-state index in [1.165, 1.54) is 32.1 Å². The van der Waals surface area contributed by atoms with Gasteiger partial charge in [-0.3, -0.25) is 4.79 Å². The zero-order chi connectivity index (χ0) is 21.6. The molecule has 30 heavy (non-hydrogen) atoms. The normalized spacial score (nSPS) is 11.8. The van der Waals surface area contributed by atoms with Crippen molar-refractivity contribution in [2.24, 2.45) is 5.92 Å². The summed E-state index contributed by atoms with van der Waals surface area (Å²) in [6.07, 6.45) is 13.2. The van der Waals surface area contributed by atoms with Crippen LogP contribution in [0.5, 0.6) is 11.5 Å². The summed E-state index contributed by atoms with van der Waals surface area (Å²) in [6.45, 7) is 7.18. The summed E-state index contributed by atoms with van der Waals surface area (Å²) in [5, 5.41) is 0. The van der Waals surface area contributed by atoms with Crippen LogP contribution in [0.4, 0.5) is 0 Å². The second-order valence-corrected chi connectivity index (χ2v) is 7.94. The number of unbranched alkanes of at least 4 members (excludes halogenated alkanes) is 6. The Morgan fingerprint density at radius 3 is 2.17 bits per heavy atom. The number of esters is 1. The van der Waals surface area contributed by atoms with Gasteiger partial charge in [-0.2, -0.15) is 0 Å². The predicted octanol–water partition coefficient (Wildman–Crippen LogP) is 6.61. The Balaban J connectivity index is 1.74. The number of rotatable bonds is 14. The summed E-state index contributed by atoms with van der Waals surface area (Å²) < 4.78 is 11.1. The quantitative estimate of drug-likeness (QED) is 0.198. The van der Waals surface area contributed by atoms with Gasteiger partial charge in [-0.25, -0.2) is 9.97 Å². The maximum absolute atomic E-state index is 12.0. The van der Waals surface area contributed by atoms with Crippen LogP contribution in [0.3, 0.4) is 0 Å². The molecule has 5 nitrogen and oxygen atoms in total. The molecule has 1 unspecified atom stereocenters. The third-order valence-electron chi connectivity index (χ3n) is 5.19. The number of nitrogens with zero attached hydrogens (tertiary/aromatic N) is 2. The molecular weight excluding hydrogens is 376 g/mol. The van der Waals surface area contributed by atoms with Gasteiger partial charge < -0.3 is 9.47 Å². The molecule has 5 heteroatoms. The van der Waals surface area contributed by atoms with Crippen molar-refractivity contribution >= 4 is 5.97 Å². The highest BCUT2D eigenvalue weighted by molar-refractivity contribution is 5.72. The summed E-state index contributed by atoms with van der Waals surface area (Å²) >= 11 is 0. The number of carbonyl (C=O) groups excluding carboxylic acids is 1. The summed E-state index contributed by atoms with van der Waals surface area (Å²) in [5.41, 5.74) is 0.871. The first-order valence-corrected chi connectivity index (χ1v) is 11.4. The van der Waals surface area contributed by atoms with Crippen molar-refractivity contribution in [2.75, 3.05) is 6.61 Å². The van der Waals surface area contributed by atoms with Crippen molar-refractivity contribution in [3.63, 3.8) is 0 Å². The van der Waals surface area contributed by atoms with Gasteiger partial charge in [0.15, 0.2) is 11.6 Å². The van der Waals surface area contributed by atoms with Crippen LogP contribution < -0.4 is 9.47 Å². The highest BCUT2D eigenvalue weighted by Crippen LogP contribution is 2.21. The fourth-order valence-corrected chi connectivity index (χ4v) is 2.98. The Morgan fingerprint density at radius 1 is 0.900 bits per heavy atom. The van der Waals surface area contributed by atoms with Crippen molar-refractivity contribution in [3.05, 3.63) is 36.7 Å². The maximum Gasteiger partial charge on any atom is 0.311 e. The Bertz CT molecular complexity index is 729. The minimum atomic E-state index is -0.171. The van der Waals surface area contributed by atoms with Crippen LogP contribution in [0.25, 0.3) is 11.4 Å². The Morgan fingerprint density at radius 2 is 1.53 bits per heavy atom. The van der Waals surface area contributed by atoms with Crippen molar-refractivity contribution in [1.29, 1.82) is 0 Å². The highest BCUT2D eigenvalue weighted by atomic mass is 16.5. The Hall–Kier alpha value is -2.43. The van der Waals surface area contributed by atoms with Crippen LogP contribution in [0.2, 0.25) is 0 Å². The lowest BCUT2D eigenvalue weighted by atomic mass is 10.1. The predicted molar refractivity (Wildman–Crippen MR) is 121 cm³/mol. The molecule has 164 valence electrons. The van der Waals surface area contributed by atoms with E-state index in [2.05, 4.69) is 30.7 Å². The second kappa shape index (κ2) is 13.7. The van der Waals surface area contributed by atoms with Gasteiger partial charge in [0.2, 0.25) is 0 Å². The standard InChI is InChI=1S/C25H36N2O3/c1-4-6-7-8-9-10-11-12-24(28)30-22-15-13-21(14-16-22)25-26-17-23(18-27-25)29-19-20(3)5-2/h13-18,20H,4-12,19H2,1-3H3. The molecule has 2 aromatic rings. The Labute approximate surface area is 181 Å². The molecule has 0 saturated heterocycles. The Kier molecular flexibility index (Phi) is 10.9. The molecule has 1 heterocycles. The zero-order valence-electron chi connectivity index (χ0n) is 18.7. The van der Waals surface area contributed by atoms with Crippen LogP contribution in [-0.4, -0.2) is 22.5 Å². The van der Waals surface area contributed by atoms with Gasteiger partial charge in [0.25, 0.3) is 0 Å². The van der Waals surface area contributed by atoms with Gasteiger partial charge in [0.1, 0.15) is 5.75 Å². The van der Waals surface area contributed by atoms with E-state index in [4.69, 9.17) is 9.47 Å². The number of ether oxygens (including phenoxy) is 2. The van der Waals surface area contributed by atoms with Crippen LogP contribution in [0.1, 0.15) is 78.6 Å². The average molecular weight is 413 g/mol. The fraction of sp³-hybridized carbons (Fsp3) is 0.560. The lowest BCUT2D eigenvalue weighted by molar-refractivity contribution is -0.134. The number of aromatic nitrogens is 2. The first-order valence-electron chi connectivity index (χ1n) is 11.4. The van der Waals surface area contributed by atoms with Crippen LogP contribution >= 0.6 is 0 Å². The zero-order valence-corrected chi connectivity index (χ0v) is 18.7. The third-order valence-corrected chi connectivity index (χ3v) is 5.19. The van der Waals surface area contributed by atoms with Gasteiger partial charge in [-0.05, 0) is 36.6 Å². The minimum absolute atomic E-state index is 0.171.